The molecule has 2 amide bonds. The monoisotopic (exact) mass is 663 g/mol. The van der Waals surface area contributed by atoms with Gasteiger partial charge in [-0.3, -0.25) is 13.9 Å². The number of halogens is 1. The average Bonchev–Trinajstić information content (AvgIpc) is 2.96. The maximum atomic E-state index is 13.7. The molecule has 0 fully saturated rings. The van der Waals surface area contributed by atoms with Crippen molar-refractivity contribution in [3.63, 3.8) is 0 Å². The van der Waals surface area contributed by atoms with Crippen LogP contribution in [0.1, 0.15) is 43.6 Å². The zero-order chi connectivity index (χ0) is 31.2. The minimum Gasteiger partial charge on any atom is -0.494 e. The lowest BCUT2D eigenvalue weighted by Gasteiger charge is -2.24. The van der Waals surface area contributed by atoms with Gasteiger partial charge in [0, 0.05) is 21.4 Å². The summed E-state index contributed by atoms with van der Waals surface area (Å²) in [5, 5.41) is 5.61. The van der Waals surface area contributed by atoms with Crippen molar-refractivity contribution in [3.05, 3.63) is 113 Å². The molecule has 0 spiro atoms. The molecule has 0 aromatic heterocycles. The number of sulfonamides is 1. The highest BCUT2D eigenvalue weighted by atomic mass is 79.9. The van der Waals surface area contributed by atoms with Gasteiger partial charge in [0.2, 0.25) is 5.91 Å². The van der Waals surface area contributed by atoms with Gasteiger partial charge in [0.1, 0.15) is 12.3 Å². The van der Waals surface area contributed by atoms with Gasteiger partial charge in [0.25, 0.3) is 15.9 Å². The van der Waals surface area contributed by atoms with E-state index in [0.717, 1.165) is 14.3 Å². The first-order valence-electron chi connectivity index (χ1n) is 13.7. The van der Waals surface area contributed by atoms with Gasteiger partial charge in [-0.15, -0.1) is 0 Å². The molecule has 0 atom stereocenters. The van der Waals surface area contributed by atoms with Crippen molar-refractivity contribution in [2.45, 2.75) is 38.0 Å². The molecular formula is C33H34BrN3O5S. The largest absolute Gasteiger partial charge is 0.494 e. The highest BCUT2D eigenvalue weighted by Crippen LogP contribution is 2.27. The Hall–Kier alpha value is -4.15. The number of nitrogens with one attached hydrogen (secondary N) is 2. The Bertz CT molecular complexity index is 1680. The maximum Gasteiger partial charge on any atom is 0.264 e. The second-order valence-corrected chi connectivity index (χ2v) is 13.6. The van der Waals surface area contributed by atoms with Gasteiger partial charge in [-0.25, -0.2) is 8.42 Å². The quantitative estimate of drug-likeness (QED) is 0.186. The van der Waals surface area contributed by atoms with Gasteiger partial charge < -0.3 is 15.4 Å². The lowest BCUT2D eigenvalue weighted by Crippen LogP contribution is -2.38. The van der Waals surface area contributed by atoms with E-state index in [-0.39, 0.29) is 16.2 Å². The van der Waals surface area contributed by atoms with Gasteiger partial charge in [-0.1, -0.05) is 54.9 Å². The number of carbonyl (C=O) groups is 2. The molecule has 0 bridgehead atoms. The first-order chi connectivity index (χ1) is 20.4. The SMILES string of the molecule is CCOc1ccc(N(CC(=O)Nc2cccc(NC(=O)c3ccc(C(C)(C)C)cc3)c2)S(=O)(=O)c2ccc(Br)cc2)cc1. The highest BCUT2D eigenvalue weighted by molar-refractivity contribution is 9.10. The van der Waals surface area contributed by atoms with Crippen LogP contribution in [0.2, 0.25) is 0 Å². The van der Waals surface area contributed by atoms with E-state index in [4.69, 9.17) is 4.74 Å². The molecule has 0 saturated carbocycles. The van der Waals surface area contributed by atoms with Crippen molar-refractivity contribution in [3.8, 4) is 5.75 Å². The van der Waals surface area contributed by atoms with Gasteiger partial charge >= 0.3 is 0 Å². The van der Waals surface area contributed by atoms with Crippen molar-refractivity contribution in [1.29, 1.82) is 0 Å². The van der Waals surface area contributed by atoms with E-state index in [1.54, 1.807) is 72.8 Å². The summed E-state index contributed by atoms with van der Waals surface area (Å²) in [7, 11) is -4.10. The number of ether oxygens (including phenoxy) is 1. The second kappa shape index (κ2) is 13.4. The summed E-state index contributed by atoms with van der Waals surface area (Å²) in [6.07, 6.45) is 0. The van der Waals surface area contributed by atoms with E-state index in [1.165, 1.54) is 12.1 Å². The van der Waals surface area contributed by atoms with Crippen molar-refractivity contribution in [2.75, 3.05) is 28.1 Å². The van der Waals surface area contributed by atoms with Gasteiger partial charge in [0.05, 0.1) is 17.2 Å². The predicted octanol–water partition coefficient (Wildman–Crippen LogP) is 7.23. The molecule has 0 unspecified atom stereocenters. The Morgan fingerprint density at radius 3 is 2.02 bits per heavy atom. The van der Waals surface area contributed by atoms with Crippen LogP contribution >= 0.6 is 15.9 Å². The minimum atomic E-state index is -4.10. The van der Waals surface area contributed by atoms with Gasteiger partial charge in [0.15, 0.2) is 0 Å². The summed E-state index contributed by atoms with van der Waals surface area (Å²) in [6.45, 7) is 8.16. The van der Waals surface area contributed by atoms with Crippen molar-refractivity contribution in [1.82, 2.24) is 0 Å². The molecule has 4 rings (SSSR count). The molecule has 0 aliphatic heterocycles. The summed E-state index contributed by atoms with van der Waals surface area (Å²) in [5.41, 5.74) is 2.79. The lowest BCUT2D eigenvalue weighted by atomic mass is 9.87. The Labute approximate surface area is 261 Å². The highest BCUT2D eigenvalue weighted by Gasteiger charge is 2.27. The van der Waals surface area contributed by atoms with E-state index in [1.807, 2.05) is 19.1 Å². The Morgan fingerprint density at radius 1 is 0.837 bits per heavy atom. The third kappa shape index (κ3) is 8.24. The standard InChI is InChI=1S/C33H34BrN3O5S/c1-5-42-29-17-15-28(16-18-29)37(43(40,41)30-19-13-25(34)14-20-30)22-31(38)35-26-7-6-8-27(21-26)36-32(39)23-9-11-24(12-10-23)33(2,3)4/h6-21H,5,22H2,1-4H3,(H,35,38)(H,36,39). The molecule has 4 aromatic carbocycles. The summed E-state index contributed by atoms with van der Waals surface area (Å²) in [4.78, 5) is 26.1. The molecule has 0 radical (unpaired) electrons. The Balaban J connectivity index is 1.51. The number of rotatable bonds is 10. The Kier molecular flexibility index (Phi) is 9.93. The smallest absolute Gasteiger partial charge is 0.264 e. The summed E-state index contributed by atoms with van der Waals surface area (Å²) >= 11 is 3.33. The fraction of sp³-hybridized carbons (Fsp3) is 0.212. The van der Waals surface area contributed by atoms with Crippen molar-refractivity contribution in [2.24, 2.45) is 0 Å². The van der Waals surface area contributed by atoms with Crippen LogP contribution in [0.3, 0.4) is 0 Å². The summed E-state index contributed by atoms with van der Waals surface area (Å²) in [5.74, 6) is -0.261. The van der Waals surface area contributed by atoms with Crippen LogP contribution in [0, 0.1) is 0 Å². The number of hydrogen-bond acceptors (Lipinski definition) is 5. The number of hydrogen-bond donors (Lipinski definition) is 2. The number of carbonyl (C=O) groups excluding carboxylic acids is 2. The van der Waals surface area contributed by atoms with Crippen LogP contribution in [0.4, 0.5) is 17.1 Å². The maximum absolute atomic E-state index is 13.7. The zero-order valence-electron chi connectivity index (χ0n) is 24.4. The first-order valence-corrected chi connectivity index (χ1v) is 15.9. The molecule has 0 saturated heterocycles. The molecule has 43 heavy (non-hydrogen) atoms. The molecule has 0 aliphatic rings. The molecule has 2 N–H and O–H groups in total. The van der Waals surface area contributed by atoms with Gasteiger partial charge in [-0.05, 0) is 96.8 Å². The Morgan fingerprint density at radius 2 is 1.44 bits per heavy atom. The van der Waals surface area contributed by atoms with E-state index in [0.29, 0.717) is 35.0 Å². The van der Waals surface area contributed by atoms with E-state index in [2.05, 4.69) is 47.3 Å². The second-order valence-electron chi connectivity index (χ2n) is 10.8. The molecule has 0 aliphatic carbocycles. The van der Waals surface area contributed by atoms with Crippen LogP contribution in [0.25, 0.3) is 0 Å². The first kappa shape index (κ1) is 31.8. The fourth-order valence-electron chi connectivity index (χ4n) is 4.25. The normalized spacial score (nSPS) is 11.5. The van der Waals surface area contributed by atoms with Crippen LogP contribution in [-0.2, 0) is 20.2 Å². The fourth-order valence-corrected chi connectivity index (χ4v) is 5.94. The van der Waals surface area contributed by atoms with E-state index in [9.17, 15) is 18.0 Å². The van der Waals surface area contributed by atoms with Crippen molar-refractivity contribution >= 4 is 54.8 Å². The average molecular weight is 665 g/mol. The van der Waals surface area contributed by atoms with Crippen LogP contribution in [0.15, 0.2) is 106 Å². The molecule has 10 heteroatoms. The molecular weight excluding hydrogens is 630 g/mol. The molecule has 0 heterocycles. The van der Waals surface area contributed by atoms with Crippen LogP contribution in [0.5, 0.6) is 5.75 Å². The summed E-state index contributed by atoms with van der Waals surface area (Å²) in [6, 6.07) is 26.8. The lowest BCUT2D eigenvalue weighted by molar-refractivity contribution is -0.114. The minimum absolute atomic E-state index is 0.0262. The summed E-state index contributed by atoms with van der Waals surface area (Å²) < 4.78 is 34.6. The number of nitrogens with zero attached hydrogens (tertiary/aromatic N) is 1. The number of amides is 2. The number of benzene rings is 4. The third-order valence-electron chi connectivity index (χ3n) is 6.54. The number of anilines is 3. The van der Waals surface area contributed by atoms with Crippen LogP contribution in [-0.4, -0.2) is 33.4 Å². The van der Waals surface area contributed by atoms with Crippen molar-refractivity contribution < 1.29 is 22.7 Å². The topological polar surface area (TPSA) is 105 Å². The van der Waals surface area contributed by atoms with Crippen LogP contribution < -0.4 is 19.7 Å². The molecule has 224 valence electrons. The van der Waals surface area contributed by atoms with E-state index >= 15 is 0 Å². The zero-order valence-corrected chi connectivity index (χ0v) is 26.8. The molecule has 8 nitrogen and oxygen atoms in total. The predicted molar refractivity (Wildman–Crippen MR) is 174 cm³/mol. The van der Waals surface area contributed by atoms with Gasteiger partial charge in [-0.2, -0.15) is 0 Å². The molecule has 4 aromatic rings. The third-order valence-corrected chi connectivity index (χ3v) is 8.86. The van der Waals surface area contributed by atoms with E-state index < -0.39 is 22.5 Å².